The van der Waals surface area contributed by atoms with Crippen molar-refractivity contribution < 1.29 is 4.79 Å². The Balaban J connectivity index is 2.27. The summed E-state index contributed by atoms with van der Waals surface area (Å²) in [6.45, 7) is 2.25. The number of hydrogen-bond donors (Lipinski definition) is 0. The van der Waals surface area contributed by atoms with Crippen molar-refractivity contribution in [1.29, 1.82) is 0 Å². The van der Waals surface area contributed by atoms with Crippen molar-refractivity contribution in [1.82, 2.24) is 4.57 Å². The minimum absolute atomic E-state index is 0.0736. The van der Waals surface area contributed by atoms with Gasteiger partial charge in [-0.3, -0.25) is 9.59 Å². The lowest BCUT2D eigenvalue weighted by atomic mass is 10.1. The van der Waals surface area contributed by atoms with Gasteiger partial charge in [-0.25, -0.2) is 0 Å². The molecule has 1 amide bonds. The smallest absolute Gasteiger partial charge is 0.265 e. The van der Waals surface area contributed by atoms with Gasteiger partial charge >= 0.3 is 0 Å². The van der Waals surface area contributed by atoms with Crippen molar-refractivity contribution in [3.8, 4) is 0 Å². The van der Waals surface area contributed by atoms with Crippen LogP contribution in [0.15, 0.2) is 53.3 Å². The summed E-state index contributed by atoms with van der Waals surface area (Å²) in [5.74, 6) is -0.443. The molecule has 0 atom stereocenters. The Kier molecular flexibility index (Phi) is 4.84. The maximum Gasteiger partial charge on any atom is 0.265 e. The van der Waals surface area contributed by atoms with E-state index in [1.165, 1.54) is 9.47 Å². The number of anilines is 1. The molecule has 0 saturated heterocycles. The van der Waals surface area contributed by atoms with E-state index in [-0.39, 0.29) is 10.6 Å². The zero-order valence-electron chi connectivity index (χ0n) is 13.8. The maximum absolute atomic E-state index is 13.1. The largest absolute Gasteiger partial charge is 0.311 e. The molecule has 0 aliphatic heterocycles. The van der Waals surface area contributed by atoms with Gasteiger partial charge in [0.2, 0.25) is 0 Å². The van der Waals surface area contributed by atoms with E-state index in [9.17, 15) is 9.59 Å². The molecule has 0 radical (unpaired) electrons. The molecule has 0 spiro atoms. The normalized spacial score (nSPS) is 10.9. The van der Waals surface area contributed by atoms with Crippen LogP contribution in [0.25, 0.3) is 10.9 Å². The first-order valence-corrected chi connectivity index (χ1v) is 8.56. The Hall–Kier alpha value is -2.30. The number of carbonyl (C=O) groups excluding carboxylic acids is 1. The van der Waals surface area contributed by atoms with Crippen molar-refractivity contribution >= 4 is 45.7 Å². The molecule has 0 bridgehead atoms. The van der Waals surface area contributed by atoms with Gasteiger partial charge in [-0.1, -0.05) is 47.5 Å². The average Bonchev–Trinajstić information content (AvgIpc) is 2.61. The highest BCUT2D eigenvalue weighted by molar-refractivity contribution is 6.44. The first-order chi connectivity index (χ1) is 12.0. The van der Waals surface area contributed by atoms with E-state index in [0.717, 1.165) is 0 Å². The quantitative estimate of drug-likeness (QED) is 0.676. The average molecular weight is 375 g/mol. The predicted octanol–water partition coefficient (Wildman–Crippen LogP) is 4.51. The molecule has 1 heterocycles. The number of halogens is 2. The fraction of sp³-hybridized carbons (Fsp3) is 0.158. The standard InChI is InChI=1S/C19H16Cl2N2O2/c1-3-23(12-8-5-4-6-9-12)19(25)16-17(21)15-13(20)10-7-11-14(15)22(2)18(16)24/h4-11H,3H2,1-2H3. The fourth-order valence-corrected chi connectivity index (χ4v) is 3.55. The lowest BCUT2D eigenvalue weighted by Gasteiger charge is -2.22. The number of fused-ring (bicyclic) bond motifs is 1. The highest BCUT2D eigenvalue weighted by Gasteiger charge is 2.25. The molecule has 3 rings (SSSR count). The van der Waals surface area contributed by atoms with Crippen molar-refractivity contribution in [2.24, 2.45) is 7.05 Å². The molecular weight excluding hydrogens is 359 g/mol. The zero-order chi connectivity index (χ0) is 18.1. The number of benzene rings is 2. The molecule has 1 aromatic heterocycles. The van der Waals surface area contributed by atoms with Crippen molar-refractivity contribution in [3.63, 3.8) is 0 Å². The van der Waals surface area contributed by atoms with E-state index >= 15 is 0 Å². The van der Waals surface area contributed by atoms with E-state index in [1.807, 2.05) is 37.3 Å². The molecule has 0 fully saturated rings. The summed E-state index contributed by atoms with van der Waals surface area (Å²) in [5, 5.41) is 0.985. The van der Waals surface area contributed by atoms with Crippen LogP contribution in [0.1, 0.15) is 17.3 Å². The van der Waals surface area contributed by atoms with Gasteiger partial charge in [-0.15, -0.1) is 0 Å². The van der Waals surface area contributed by atoms with Crippen molar-refractivity contribution in [2.45, 2.75) is 6.92 Å². The molecular formula is C19H16Cl2N2O2. The number of hydrogen-bond acceptors (Lipinski definition) is 2. The van der Waals surface area contributed by atoms with Crippen LogP contribution in [-0.2, 0) is 7.05 Å². The molecule has 0 unspecified atom stereocenters. The molecule has 0 N–H and O–H groups in total. The van der Waals surface area contributed by atoms with Gasteiger partial charge in [0.1, 0.15) is 5.56 Å². The number of para-hydroxylation sites is 1. The first-order valence-electron chi connectivity index (χ1n) is 7.81. The summed E-state index contributed by atoms with van der Waals surface area (Å²) < 4.78 is 1.40. The topological polar surface area (TPSA) is 42.3 Å². The van der Waals surface area contributed by atoms with Crippen LogP contribution in [0.2, 0.25) is 10.0 Å². The lowest BCUT2D eigenvalue weighted by Crippen LogP contribution is -2.36. The molecule has 2 aromatic carbocycles. The minimum atomic E-state index is -0.445. The number of amides is 1. The molecule has 0 aliphatic carbocycles. The molecule has 3 aromatic rings. The van der Waals surface area contributed by atoms with Crippen LogP contribution in [0.5, 0.6) is 0 Å². The Bertz CT molecular complexity index is 1010. The fourth-order valence-electron chi connectivity index (χ4n) is 2.88. The van der Waals surface area contributed by atoms with Gasteiger partial charge < -0.3 is 9.47 Å². The van der Waals surface area contributed by atoms with Gasteiger partial charge in [0, 0.05) is 24.7 Å². The minimum Gasteiger partial charge on any atom is -0.311 e. The van der Waals surface area contributed by atoms with Gasteiger partial charge in [-0.05, 0) is 31.2 Å². The summed E-state index contributed by atoms with van der Waals surface area (Å²) in [7, 11) is 1.60. The Morgan fingerprint density at radius 2 is 1.76 bits per heavy atom. The highest BCUT2D eigenvalue weighted by atomic mass is 35.5. The SMILES string of the molecule is CCN(C(=O)c1c(Cl)c2c(Cl)cccc2n(C)c1=O)c1ccccc1. The van der Waals surface area contributed by atoms with E-state index in [0.29, 0.717) is 28.2 Å². The second kappa shape index (κ2) is 6.90. The third-order valence-electron chi connectivity index (χ3n) is 4.15. The summed E-state index contributed by atoms with van der Waals surface area (Å²) in [6.07, 6.45) is 0. The Labute approximate surface area is 155 Å². The van der Waals surface area contributed by atoms with Crippen LogP contribution in [-0.4, -0.2) is 17.0 Å². The van der Waals surface area contributed by atoms with Crippen LogP contribution in [0.4, 0.5) is 5.69 Å². The monoisotopic (exact) mass is 374 g/mol. The van der Waals surface area contributed by atoms with E-state index < -0.39 is 11.5 Å². The van der Waals surface area contributed by atoms with Crippen LogP contribution in [0.3, 0.4) is 0 Å². The Morgan fingerprint density at radius 1 is 1.08 bits per heavy atom. The van der Waals surface area contributed by atoms with Crippen molar-refractivity contribution in [2.75, 3.05) is 11.4 Å². The molecule has 0 saturated carbocycles. The first kappa shape index (κ1) is 17.5. The molecule has 6 heteroatoms. The highest BCUT2D eigenvalue weighted by Crippen LogP contribution is 2.32. The second-order valence-electron chi connectivity index (χ2n) is 5.57. The third kappa shape index (κ3) is 2.92. The number of aromatic nitrogens is 1. The lowest BCUT2D eigenvalue weighted by molar-refractivity contribution is 0.0986. The van der Waals surface area contributed by atoms with E-state index in [4.69, 9.17) is 23.2 Å². The number of pyridine rings is 1. The maximum atomic E-state index is 13.1. The van der Waals surface area contributed by atoms with Crippen LogP contribution in [0, 0.1) is 0 Å². The van der Waals surface area contributed by atoms with Crippen molar-refractivity contribution in [3.05, 3.63) is 74.5 Å². The summed E-state index contributed by atoms with van der Waals surface area (Å²) in [4.78, 5) is 27.4. The second-order valence-corrected chi connectivity index (χ2v) is 6.36. The zero-order valence-corrected chi connectivity index (χ0v) is 15.3. The van der Waals surface area contributed by atoms with Crippen LogP contribution < -0.4 is 10.5 Å². The molecule has 128 valence electrons. The summed E-state index contributed by atoms with van der Waals surface area (Å²) >= 11 is 12.7. The third-order valence-corrected chi connectivity index (χ3v) is 4.85. The number of carbonyl (C=O) groups is 1. The molecule has 0 aliphatic rings. The number of nitrogens with zero attached hydrogens (tertiary/aromatic N) is 2. The predicted molar refractivity (Wildman–Crippen MR) is 103 cm³/mol. The molecule has 4 nitrogen and oxygen atoms in total. The van der Waals surface area contributed by atoms with E-state index in [1.54, 1.807) is 25.2 Å². The summed E-state index contributed by atoms with van der Waals surface area (Å²) in [6, 6.07) is 14.3. The number of aryl methyl sites for hydroxylation is 1. The Morgan fingerprint density at radius 3 is 2.40 bits per heavy atom. The summed E-state index contributed by atoms with van der Waals surface area (Å²) in [5.41, 5.74) is 0.767. The number of rotatable bonds is 3. The molecule has 25 heavy (non-hydrogen) atoms. The van der Waals surface area contributed by atoms with Crippen LogP contribution >= 0.6 is 23.2 Å². The van der Waals surface area contributed by atoms with Gasteiger partial charge in [-0.2, -0.15) is 0 Å². The van der Waals surface area contributed by atoms with Gasteiger partial charge in [0.05, 0.1) is 15.6 Å². The van der Waals surface area contributed by atoms with E-state index in [2.05, 4.69) is 0 Å². The van der Waals surface area contributed by atoms with Gasteiger partial charge in [0.25, 0.3) is 11.5 Å². The van der Waals surface area contributed by atoms with Gasteiger partial charge in [0.15, 0.2) is 0 Å².